The van der Waals surface area contributed by atoms with Crippen molar-refractivity contribution in [1.82, 2.24) is 0 Å². The van der Waals surface area contributed by atoms with Gasteiger partial charge in [-0.25, -0.2) is 0 Å². The minimum Gasteiger partial charge on any atom is -0.277 e. The monoisotopic (exact) mass is 77.0 g/mol. The van der Waals surface area contributed by atoms with Crippen LogP contribution in [-0.4, -0.2) is 13.5 Å². The molecular formula is C4H4BN. The van der Waals surface area contributed by atoms with Crippen LogP contribution in [-0.2, 0) is 0 Å². The summed E-state index contributed by atoms with van der Waals surface area (Å²) in [4.78, 5) is 3.75. The van der Waals surface area contributed by atoms with Crippen molar-refractivity contribution in [3.05, 3.63) is 12.3 Å². The van der Waals surface area contributed by atoms with Crippen molar-refractivity contribution < 1.29 is 0 Å². The minimum atomic E-state index is 0.718. The molecule has 0 unspecified atom stereocenters. The maximum Gasteiger partial charge on any atom is 0.135 e. The molecule has 1 nitrogen and oxygen atoms in total. The van der Waals surface area contributed by atoms with Gasteiger partial charge < -0.3 is 0 Å². The Hall–Kier alpha value is -0.525. The zero-order valence-corrected chi connectivity index (χ0v) is 3.39. The molecule has 2 heteroatoms. The standard InChI is InChI=1S/C4H4BN/c5-4-2-1-3-6-4/h1,3H,2H2. The Kier molecular flexibility index (Phi) is 0.786. The summed E-state index contributed by atoms with van der Waals surface area (Å²) in [7, 11) is 5.22. The largest absolute Gasteiger partial charge is 0.277 e. The topological polar surface area (TPSA) is 12.4 Å². The van der Waals surface area contributed by atoms with Crippen LogP contribution >= 0.6 is 0 Å². The average molecular weight is 76.9 g/mol. The lowest BCUT2D eigenvalue weighted by molar-refractivity contribution is 1.59. The molecule has 0 aromatic carbocycles. The summed E-state index contributed by atoms with van der Waals surface area (Å²) in [5, 5.41) is 0. The molecular weight excluding hydrogens is 72.9 g/mol. The Morgan fingerprint density at radius 2 is 2.67 bits per heavy atom. The second kappa shape index (κ2) is 1.29. The molecule has 1 rings (SSSR count). The van der Waals surface area contributed by atoms with E-state index in [1.54, 1.807) is 6.20 Å². The minimum absolute atomic E-state index is 0.718. The van der Waals surface area contributed by atoms with E-state index in [-0.39, 0.29) is 0 Å². The molecule has 0 saturated heterocycles. The highest BCUT2D eigenvalue weighted by Gasteiger charge is 1.87. The van der Waals surface area contributed by atoms with Crippen LogP contribution < -0.4 is 0 Å². The number of allylic oxidation sites excluding steroid dienone is 1. The van der Waals surface area contributed by atoms with Crippen molar-refractivity contribution in [1.29, 1.82) is 0 Å². The van der Waals surface area contributed by atoms with Crippen molar-refractivity contribution in [3.63, 3.8) is 0 Å². The van der Waals surface area contributed by atoms with Crippen LogP contribution in [0.3, 0.4) is 0 Å². The predicted molar refractivity (Wildman–Crippen MR) is 26.9 cm³/mol. The second-order valence-electron chi connectivity index (χ2n) is 1.21. The summed E-state index contributed by atoms with van der Waals surface area (Å²) in [6, 6.07) is 0. The van der Waals surface area contributed by atoms with Crippen molar-refractivity contribution in [2.24, 2.45) is 4.99 Å². The second-order valence-corrected chi connectivity index (χ2v) is 1.21. The summed E-state index contributed by atoms with van der Waals surface area (Å²) in [6.07, 6.45) is 4.48. The molecule has 6 heavy (non-hydrogen) atoms. The molecule has 0 aliphatic carbocycles. The predicted octanol–water partition coefficient (Wildman–Crippen LogP) is 0.471. The lowest BCUT2D eigenvalue weighted by atomic mass is 10.00. The molecule has 0 saturated carbocycles. The van der Waals surface area contributed by atoms with Crippen molar-refractivity contribution in [2.45, 2.75) is 6.42 Å². The Bertz CT molecular complexity index is 104. The summed E-state index contributed by atoms with van der Waals surface area (Å²) in [6.45, 7) is 0. The summed E-state index contributed by atoms with van der Waals surface area (Å²) in [5.74, 6) is 0. The Morgan fingerprint density at radius 1 is 1.83 bits per heavy atom. The maximum atomic E-state index is 5.22. The van der Waals surface area contributed by atoms with E-state index in [0.717, 1.165) is 12.0 Å². The fraction of sp³-hybridized carbons (Fsp3) is 0.250. The zero-order valence-electron chi connectivity index (χ0n) is 3.39. The quantitative estimate of drug-likeness (QED) is 0.372. The Labute approximate surface area is 38.2 Å². The van der Waals surface area contributed by atoms with Crippen LogP contribution in [0.25, 0.3) is 0 Å². The number of hydrogen-bond donors (Lipinski definition) is 0. The highest BCUT2D eigenvalue weighted by atomic mass is 14.7. The van der Waals surface area contributed by atoms with Gasteiger partial charge in [-0.05, 0) is 12.0 Å². The lowest BCUT2D eigenvalue weighted by Gasteiger charge is -1.76. The maximum absolute atomic E-state index is 5.22. The first kappa shape index (κ1) is 3.66. The third kappa shape index (κ3) is 0.508. The van der Waals surface area contributed by atoms with Gasteiger partial charge in [-0.15, -0.1) is 0 Å². The average Bonchev–Trinajstić information content (AvgIpc) is 1.86. The van der Waals surface area contributed by atoms with Crippen LogP contribution in [0.2, 0.25) is 0 Å². The van der Waals surface area contributed by atoms with Gasteiger partial charge in [-0.2, -0.15) is 0 Å². The van der Waals surface area contributed by atoms with E-state index >= 15 is 0 Å². The molecule has 28 valence electrons. The lowest BCUT2D eigenvalue weighted by Crippen LogP contribution is -1.87. The van der Waals surface area contributed by atoms with Crippen LogP contribution in [0.5, 0.6) is 0 Å². The van der Waals surface area contributed by atoms with Gasteiger partial charge in [0.05, 0.1) is 0 Å². The van der Waals surface area contributed by atoms with Crippen LogP contribution in [0.1, 0.15) is 6.42 Å². The molecule has 0 aromatic heterocycles. The van der Waals surface area contributed by atoms with Gasteiger partial charge in [-0.1, -0.05) is 6.08 Å². The van der Waals surface area contributed by atoms with Gasteiger partial charge in [0, 0.05) is 6.20 Å². The van der Waals surface area contributed by atoms with Crippen molar-refractivity contribution in [3.8, 4) is 0 Å². The molecule has 0 bridgehead atoms. The normalized spacial score (nSPS) is 18.3. The van der Waals surface area contributed by atoms with Crippen LogP contribution in [0.15, 0.2) is 17.3 Å². The fourth-order valence-corrected chi connectivity index (χ4v) is 0.375. The molecule has 0 fully saturated rings. The molecule has 0 aromatic rings. The van der Waals surface area contributed by atoms with Gasteiger partial charge in [0.1, 0.15) is 7.85 Å². The smallest absolute Gasteiger partial charge is 0.135 e. The molecule has 0 spiro atoms. The van der Waals surface area contributed by atoms with E-state index in [1.807, 2.05) is 6.08 Å². The first-order valence-electron chi connectivity index (χ1n) is 1.87. The summed E-state index contributed by atoms with van der Waals surface area (Å²) < 4.78 is 0. The SMILES string of the molecule is [B]C1=NC=CC1. The molecule has 1 aliphatic heterocycles. The van der Waals surface area contributed by atoms with E-state index in [4.69, 9.17) is 7.85 Å². The van der Waals surface area contributed by atoms with Gasteiger partial charge in [-0.3, -0.25) is 4.99 Å². The molecule has 1 heterocycles. The number of aliphatic imine (C=N–C) groups is 1. The van der Waals surface area contributed by atoms with Gasteiger partial charge in [0.2, 0.25) is 0 Å². The van der Waals surface area contributed by atoms with E-state index in [1.165, 1.54) is 0 Å². The first-order chi connectivity index (χ1) is 2.89. The zero-order chi connectivity index (χ0) is 4.41. The molecule has 0 amide bonds. The van der Waals surface area contributed by atoms with Gasteiger partial charge in [0.15, 0.2) is 0 Å². The molecule has 2 radical (unpaired) electrons. The highest BCUT2D eigenvalue weighted by molar-refractivity contribution is 6.60. The van der Waals surface area contributed by atoms with E-state index in [0.29, 0.717) is 0 Å². The van der Waals surface area contributed by atoms with Crippen LogP contribution in [0, 0.1) is 0 Å². The highest BCUT2D eigenvalue weighted by Crippen LogP contribution is 1.93. The number of rotatable bonds is 0. The molecule has 0 atom stereocenters. The van der Waals surface area contributed by atoms with Gasteiger partial charge in [0.25, 0.3) is 0 Å². The van der Waals surface area contributed by atoms with E-state index in [2.05, 4.69) is 4.99 Å². The Morgan fingerprint density at radius 3 is 2.83 bits per heavy atom. The first-order valence-corrected chi connectivity index (χ1v) is 1.87. The third-order valence-corrected chi connectivity index (χ3v) is 0.673. The van der Waals surface area contributed by atoms with Crippen LogP contribution in [0.4, 0.5) is 0 Å². The van der Waals surface area contributed by atoms with Gasteiger partial charge >= 0.3 is 0 Å². The molecule has 0 N–H and O–H groups in total. The fourth-order valence-electron chi connectivity index (χ4n) is 0.375. The molecule has 1 aliphatic rings. The Balaban J connectivity index is 2.61. The van der Waals surface area contributed by atoms with E-state index in [9.17, 15) is 0 Å². The number of nitrogens with zero attached hydrogens (tertiary/aromatic N) is 1. The van der Waals surface area contributed by atoms with E-state index < -0.39 is 0 Å². The number of hydrogen-bond acceptors (Lipinski definition) is 1. The third-order valence-electron chi connectivity index (χ3n) is 0.673. The summed E-state index contributed by atoms with van der Waals surface area (Å²) >= 11 is 0. The summed E-state index contributed by atoms with van der Waals surface area (Å²) in [5.41, 5.74) is 0.718. The van der Waals surface area contributed by atoms with Crippen molar-refractivity contribution >= 4 is 13.5 Å². The van der Waals surface area contributed by atoms with Crippen molar-refractivity contribution in [2.75, 3.05) is 0 Å².